The van der Waals surface area contributed by atoms with Gasteiger partial charge in [-0.3, -0.25) is 14.9 Å². The van der Waals surface area contributed by atoms with Crippen LogP contribution in [0.25, 0.3) is 44.8 Å². The van der Waals surface area contributed by atoms with E-state index in [9.17, 15) is 14.9 Å². The van der Waals surface area contributed by atoms with Gasteiger partial charge in [-0.05, 0) is 54.6 Å². The van der Waals surface area contributed by atoms with Crippen molar-refractivity contribution in [3.8, 4) is 28.7 Å². The second-order valence-corrected chi connectivity index (χ2v) is 8.89. The van der Waals surface area contributed by atoms with Crippen molar-refractivity contribution in [1.82, 2.24) is 9.66 Å². The second-order valence-electron chi connectivity index (χ2n) is 8.45. The number of nitro groups is 1. The third kappa shape index (κ3) is 4.42. The van der Waals surface area contributed by atoms with Crippen molar-refractivity contribution in [1.29, 1.82) is 0 Å². The smallest absolute Gasteiger partial charge is 0.282 e. The minimum Gasteiger partial charge on any atom is -0.496 e. The summed E-state index contributed by atoms with van der Waals surface area (Å²) in [5.74, 6) is 1.55. The molecule has 39 heavy (non-hydrogen) atoms. The second kappa shape index (κ2) is 9.58. The lowest BCUT2D eigenvalue weighted by Gasteiger charge is -2.07. The molecule has 11 heteroatoms. The standard InChI is InChI=1S/C28H17ClN4O6/c1-37-25-14-18(33(35)36)7-9-21(25)24-11-8-19(38-24)15-30-32-27(31-22-5-3-2-4-20(22)28(32)34)26-13-16-12-17(29)6-10-23(16)39-26/h2-15H,1H3. The lowest BCUT2D eigenvalue weighted by Crippen LogP contribution is -2.20. The number of nitrogens with zero attached hydrogens (tertiary/aromatic N) is 4. The zero-order valence-corrected chi connectivity index (χ0v) is 21.0. The number of non-ortho nitro benzene ring substituents is 1. The van der Waals surface area contributed by atoms with Crippen molar-refractivity contribution in [2.75, 3.05) is 7.11 Å². The molecule has 0 atom stereocenters. The van der Waals surface area contributed by atoms with Crippen LogP contribution in [0, 0.1) is 10.1 Å². The fourth-order valence-electron chi connectivity index (χ4n) is 4.19. The van der Waals surface area contributed by atoms with Gasteiger partial charge in [0, 0.05) is 16.5 Å². The van der Waals surface area contributed by atoms with E-state index < -0.39 is 10.5 Å². The predicted molar refractivity (Wildman–Crippen MR) is 147 cm³/mol. The summed E-state index contributed by atoms with van der Waals surface area (Å²) in [5, 5.41) is 17.2. The summed E-state index contributed by atoms with van der Waals surface area (Å²) in [6, 6.07) is 21.5. The van der Waals surface area contributed by atoms with Crippen molar-refractivity contribution in [3.63, 3.8) is 0 Å². The Hall–Kier alpha value is -5.22. The third-order valence-corrected chi connectivity index (χ3v) is 6.28. The molecule has 192 valence electrons. The highest BCUT2D eigenvalue weighted by molar-refractivity contribution is 6.31. The van der Waals surface area contributed by atoms with Crippen molar-refractivity contribution in [2.24, 2.45) is 5.10 Å². The number of halogens is 1. The molecule has 0 spiro atoms. The van der Waals surface area contributed by atoms with Crippen molar-refractivity contribution < 1.29 is 18.5 Å². The van der Waals surface area contributed by atoms with Gasteiger partial charge in [-0.2, -0.15) is 9.78 Å². The van der Waals surface area contributed by atoms with Gasteiger partial charge in [-0.25, -0.2) is 4.98 Å². The molecule has 0 aliphatic rings. The van der Waals surface area contributed by atoms with Crippen molar-refractivity contribution in [3.05, 3.63) is 110 Å². The molecule has 0 N–H and O–H groups in total. The minimum atomic E-state index is -0.504. The van der Waals surface area contributed by atoms with Gasteiger partial charge in [0.25, 0.3) is 11.2 Å². The quantitative estimate of drug-likeness (QED) is 0.134. The van der Waals surface area contributed by atoms with Crippen LogP contribution in [0.2, 0.25) is 5.02 Å². The van der Waals surface area contributed by atoms with Gasteiger partial charge in [0.05, 0.1) is 40.8 Å². The van der Waals surface area contributed by atoms with Crippen molar-refractivity contribution in [2.45, 2.75) is 0 Å². The van der Waals surface area contributed by atoms with Crippen LogP contribution in [0.4, 0.5) is 5.69 Å². The fraction of sp³-hybridized carbons (Fsp3) is 0.0357. The Morgan fingerprint density at radius 2 is 1.87 bits per heavy atom. The number of methoxy groups -OCH3 is 1. The summed E-state index contributed by atoms with van der Waals surface area (Å²) in [4.78, 5) is 28.7. The molecular formula is C28H17ClN4O6. The molecule has 0 aliphatic carbocycles. The van der Waals surface area contributed by atoms with Crippen LogP contribution >= 0.6 is 11.6 Å². The number of aromatic nitrogens is 2. The Morgan fingerprint density at radius 1 is 1.03 bits per heavy atom. The largest absolute Gasteiger partial charge is 0.496 e. The number of hydrogen-bond acceptors (Lipinski definition) is 8. The number of hydrogen-bond donors (Lipinski definition) is 0. The average Bonchev–Trinajstić information content (AvgIpc) is 3.59. The van der Waals surface area contributed by atoms with Gasteiger partial charge in [0.1, 0.15) is 22.9 Å². The first-order chi connectivity index (χ1) is 18.9. The van der Waals surface area contributed by atoms with Gasteiger partial charge < -0.3 is 13.6 Å². The van der Waals surface area contributed by atoms with E-state index in [1.807, 2.05) is 0 Å². The normalized spacial score (nSPS) is 11.5. The first-order valence-electron chi connectivity index (χ1n) is 11.6. The molecule has 0 radical (unpaired) electrons. The molecule has 3 heterocycles. The molecule has 0 saturated heterocycles. The molecule has 0 aliphatic heterocycles. The van der Waals surface area contributed by atoms with Gasteiger partial charge in [-0.15, -0.1) is 0 Å². The van der Waals surface area contributed by atoms with Crippen molar-refractivity contribution >= 4 is 45.4 Å². The molecule has 0 amide bonds. The predicted octanol–water partition coefficient (Wildman–Crippen LogP) is 6.52. The van der Waals surface area contributed by atoms with Crippen LogP contribution in [0.3, 0.4) is 0 Å². The SMILES string of the molecule is COc1cc([N+](=O)[O-])ccc1-c1ccc(C=Nn2c(-c3cc4cc(Cl)ccc4o3)nc3ccccc3c2=O)o1. The van der Waals surface area contributed by atoms with Crippen LogP contribution in [0.15, 0.2) is 97.6 Å². The topological polar surface area (TPSA) is 126 Å². The fourth-order valence-corrected chi connectivity index (χ4v) is 4.37. The summed E-state index contributed by atoms with van der Waals surface area (Å²) in [6.07, 6.45) is 1.38. The van der Waals surface area contributed by atoms with Gasteiger partial charge >= 0.3 is 0 Å². The lowest BCUT2D eigenvalue weighted by atomic mass is 10.1. The van der Waals surface area contributed by atoms with Crippen LogP contribution in [-0.4, -0.2) is 27.9 Å². The van der Waals surface area contributed by atoms with Crippen LogP contribution < -0.4 is 10.3 Å². The summed E-state index contributed by atoms with van der Waals surface area (Å²) < 4.78 is 18.3. The zero-order chi connectivity index (χ0) is 27.1. The molecule has 6 aromatic rings. The summed E-state index contributed by atoms with van der Waals surface area (Å²) in [5.41, 5.74) is 1.10. The summed E-state index contributed by atoms with van der Waals surface area (Å²) >= 11 is 6.13. The van der Waals surface area contributed by atoms with E-state index >= 15 is 0 Å². The Kier molecular flexibility index (Phi) is 5.93. The van der Waals surface area contributed by atoms with E-state index in [1.54, 1.807) is 66.7 Å². The Bertz CT molecular complexity index is 1990. The Labute approximate surface area is 224 Å². The van der Waals surface area contributed by atoms with E-state index in [0.717, 1.165) is 10.1 Å². The van der Waals surface area contributed by atoms with Crippen LogP contribution in [0.1, 0.15) is 5.76 Å². The monoisotopic (exact) mass is 540 g/mol. The lowest BCUT2D eigenvalue weighted by molar-refractivity contribution is -0.384. The van der Waals surface area contributed by atoms with E-state index in [2.05, 4.69) is 10.1 Å². The van der Waals surface area contributed by atoms with Gasteiger partial charge in [0.2, 0.25) is 5.82 Å². The number of furan rings is 2. The highest BCUT2D eigenvalue weighted by Gasteiger charge is 2.18. The molecule has 3 aromatic heterocycles. The maximum absolute atomic E-state index is 13.5. The number of ether oxygens (including phenoxy) is 1. The third-order valence-electron chi connectivity index (χ3n) is 6.04. The molecule has 0 bridgehead atoms. The number of rotatable bonds is 6. The van der Waals surface area contributed by atoms with Crippen LogP contribution in [-0.2, 0) is 0 Å². The Morgan fingerprint density at radius 3 is 2.69 bits per heavy atom. The highest BCUT2D eigenvalue weighted by Crippen LogP contribution is 2.34. The highest BCUT2D eigenvalue weighted by atomic mass is 35.5. The van der Waals surface area contributed by atoms with Gasteiger partial charge in [-0.1, -0.05) is 23.7 Å². The molecular weight excluding hydrogens is 524 g/mol. The molecule has 0 fully saturated rings. The maximum atomic E-state index is 13.5. The number of fused-ring (bicyclic) bond motifs is 2. The van der Waals surface area contributed by atoms with Gasteiger partial charge in [0.15, 0.2) is 5.76 Å². The summed E-state index contributed by atoms with van der Waals surface area (Å²) in [6.45, 7) is 0. The first-order valence-corrected chi connectivity index (χ1v) is 12.0. The minimum absolute atomic E-state index is 0.104. The van der Waals surface area contributed by atoms with Crippen LogP contribution in [0.5, 0.6) is 5.75 Å². The molecule has 6 rings (SSSR count). The first kappa shape index (κ1) is 24.1. The van der Waals surface area contributed by atoms with E-state index in [4.69, 9.17) is 25.2 Å². The molecule has 3 aromatic carbocycles. The van der Waals surface area contributed by atoms with E-state index in [-0.39, 0.29) is 17.3 Å². The number of benzene rings is 3. The zero-order valence-electron chi connectivity index (χ0n) is 20.2. The number of para-hydroxylation sites is 1. The van der Waals surface area contributed by atoms with E-state index in [1.165, 1.54) is 25.5 Å². The number of nitro benzene ring substituents is 1. The molecule has 0 unspecified atom stereocenters. The average molecular weight is 541 g/mol. The molecule has 0 saturated carbocycles. The summed E-state index contributed by atoms with van der Waals surface area (Å²) in [7, 11) is 1.42. The maximum Gasteiger partial charge on any atom is 0.282 e. The Balaban J connectivity index is 1.43. The molecule has 10 nitrogen and oxygen atoms in total. The van der Waals surface area contributed by atoms with E-state index in [0.29, 0.717) is 44.4 Å².